The van der Waals surface area contributed by atoms with Gasteiger partial charge < -0.3 is 0 Å². The van der Waals surface area contributed by atoms with Crippen molar-refractivity contribution in [3.63, 3.8) is 0 Å². The first kappa shape index (κ1) is 10.5. The van der Waals surface area contributed by atoms with E-state index in [0.29, 0.717) is 0 Å². The summed E-state index contributed by atoms with van der Waals surface area (Å²) in [7, 11) is 0. The van der Waals surface area contributed by atoms with Crippen molar-refractivity contribution < 1.29 is 0 Å². The molecule has 0 aromatic heterocycles. The van der Waals surface area contributed by atoms with Gasteiger partial charge >= 0.3 is 0 Å². The predicted octanol–water partition coefficient (Wildman–Crippen LogP) is 4.27. The highest BCUT2D eigenvalue weighted by Gasteiger charge is 2.18. The van der Waals surface area contributed by atoms with Gasteiger partial charge in [0.15, 0.2) is 0 Å². The summed E-state index contributed by atoms with van der Waals surface area (Å²) in [4.78, 5) is 0. The Morgan fingerprint density at radius 3 is 2.46 bits per heavy atom. The Bertz CT molecular complexity index is 318. The maximum atomic E-state index is 3.80. The molecule has 0 aliphatic rings. The molecule has 0 aliphatic carbocycles. The van der Waals surface area contributed by atoms with Gasteiger partial charge in [-0.25, -0.2) is 0 Å². The second-order valence-electron chi connectivity index (χ2n) is 3.70. The highest BCUT2D eigenvalue weighted by molar-refractivity contribution is 9.09. The quantitative estimate of drug-likeness (QED) is 0.676. The molecule has 0 heterocycles. The van der Waals surface area contributed by atoms with Crippen LogP contribution in [0.3, 0.4) is 0 Å². The van der Waals surface area contributed by atoms with Crippen LogP contribution in [0.4, 0.5) is 0 Å². The van der Waals surface area contributed by atoms with E-state index in [1.54, 1.807) is 0 Å². The van der Waals surface area contributed by atoms with Crippen molar-refractivity contribution >= 4 is 22.0 Å². The Hall–Kier alpha value is -0.560. The minimum Gasteiger partial charge on any atom is -0.0985 e. The van der Waals surface area contributed by atoms with Gasteiger partial charge in [0.05, 0.1) is 0 Å². The number of alkyl halides is 1. The molecule has 0 atom stereocenters. The molecular weight excluding hydrogens is 224 g/mol. The number of benzene rings is 1. The smallest absolute Gasteiger partial charge is 0.0452 e. The van der Waals surface area contributed by atoms with Crippen molar-refractivity contribution in [3.8, 4) is 0 Å². The molecule has 1 heteroatoms. The average molecular weight is 239 g/mol. The minimum absolute atomic E-state index is 0.0378. The zero-order chi connectivity index (χ0) is 10.1. The first-order chi connectivity index (χ1) is 5.96. The van der Waals surface area contributed by atoms with Gasteiger partial charge in [-0.2, -0.15) is 0 Å². The summed E-state index contributed by atoms with van der Waals surface area (Å²) in [5.41, 5.74) is 3.84. The third kappa shape index (κ3) is 2.22. The maximum Gasteiger partial charge on any atom is 0.0452 e. The molecule has 0 nitrogen and oxygen atoms in total. The Labute approximate surface area is 88.8 Å². The van der Waals surface area contributed by atoms with E-state index in [0.717, 1.165) is 0 Å². The summed E-state index contributed by atoms with van der Waals surface area (Å²) in [5, 5.41) is 0. The Morgan fingerprint density at radius 2 is 2.00 bits per heavy atom. The van der Waals surface area contributed by atoms with E-state index in [4.69, 9.17) is 0 Å². The first-order valence-electron chi connectivity index (χ1n) is 4.38. The fourth-order valence-corrected chi connectivity index (χ4v) is 1.95. The lowest BCUT2D eigenvalue weighted by Gasteiger charge is -2.20. The monoisotopic (exact) mass is 238 g/mol. The highest BCUT2D eigenvalue weighted by Crippen LogP contribution is 2.33. The lowest BCUT2D eigenvalue weighted by molar-refractivity contribution is 0.794. The normalized spacial score (nSPS) is 11.4. The van der Waals surface area contributed by atoms with Gasteiger partial charge in [0.25, 0.3) is 0 Å². The van der Waals surface area contributed by atoms with Crippen LogP contribution in [0.5, 0.6) is 0 Å². The molecule has 1 aromatic carbocycles. The maximum absolute atomic E-state index is 3.80. The standard InChI is InChI=1S/C12H15Br/c1-5-10-7-6-8-11(9(10)2)12(3,4)13/h5-8H,1H2,2-4H3. The largest absolute Gasteiger partial charge is 0.0985 e. The van der Waals surface area contributed by atoms with Gasteiger partial charge in [-0.05, 0) is 37.5 Å². The van der Waals surface area contributed by atoms with Gasteiger partial charge in [0.1, 0.15) is 0 Å². The second kappa shape index (κ2) is 3.67. The number of hydrogen-bond acceptors (Lipinski definition) is 0. The van der Waals surface area contributed by atoms with Crippen molar-refractivity contribution in [2.45, 2.75) is 25.1 Å². The number of hydrogen-bond donors (Lipinski definition) is 0. The summed E-state index contributed by atoms with van der Waals surface area (Å²) in [6.07, 6.45) is 1.90. The van der Waals surface area contributed by atoms with Crippen molar-refractivity contribution in [1.29, 1.82) is 0 Å². The lowest BCUT2D eigenvalue weighted by atomic mass is 9.94. The molecule has 0 aliphatic heterocycles. The Balaban J connectivity index is 3.32. The van der Waals surface area contributed by atoms with Crippen molar-refractivity contribution in [2.75, 3.05) is 0 Å². The van der Waals surface area contributed by atoms with E-state index < -0.39 is 0 Å². The Kier molecular flexibility index (Phi) is 2.97. The predicted molar refractivity (Wildman–Crippen MR) is 63.2 cm³/mol. The molecule has 0 fully saturated rings. The number of halogens is 1. The van der Waals surface area contributed by atoms with Crippen LogP contribution in [-0.4, -0.2) is 0 Å². The molecule has 0 saturated heterocycles. The molecule has 13 heavy (non-hydrogen) atoms. The van der Waals surface area contributed by atoms with Gasteiger partial charge in [-0.1, -0.05) is 46.8 Å². The Morgan fingerprint density at radius 1 is 1.38 bits per heavy atom. The zero-order valence-corrected chi connectivity index (χ0v) is 9.98. The summed E-state index contributed by atoms with van der Waals surface area (Å²) < 4.78 is 0.0378. The van der Waals surface area contributed by atoms with Crippen LogP contribution in [0, 0.1) is 6.92 Å². The number of rotatable bonds is 2. The minimum atomic E-state index is 0.0378. The van der Waals surface area contributed by atoms with Crippen LogP contribution in [0.25, 0.3) is 6.08 Å². The van der Waals surface area contributed by atoms with E-state index in [-0.39, 0.29) is 4.32 Å². The van der Waals surface area contributed by atoms with Crippen LogP contribution in [0.2, 0.25) is 0 Å². The van der Waals surface area contributed by atoms with Crippen LogP contribution in [-0.2, 0) is 4.32 Å². The molecule has 0 spiro atoms. The lowest BCUT2D eigenvalue weighted by Crippen LogP contribution is -2.09. The molecule has 0 saturated carbocycles. The third-order valence-corrected chi connectivity index (χ3v) is 2.66. The van der Waals surface area contributed by atoms with Crippen LogP contribution >= 0.6 is 15.9 Å². The molecule has 0 bridgehead atoms. The van der Waals surface area contributed by atoms with E-state index >= 15 is 0 Å². The zero-order valence-electron chi connectivity index (χ0n) is 8.39. The second-order valence-corrected chi connectivity index (χ2v) is 5.68. The SMILES string of the molecule is C=Cc1cccc(C(C)(C)Br)c1C. The van der Waals surface area contributed by atoms with Gasteiger partial charge in [0.2, 0.25) is 0 Å². The summed E-state index contributed by atoms with van der Waals surface area (Å²) >= 11 is 3.67. The molecule has 0 amide bonds. The van der Waals surface area contributed by atoms with Crippen LogP contribution in [0.15, 0.2) is 24.8 Å². The van der Waals surface area contributed by atoms with Gasteiger partial charge in [0, 0.05) is 4.32 Å². The molecule has 1 rings (SSSR count). The van der Waals surface area contributed by atoms with Crippen LogP contribution in [0.1, 0.15) is 30.5 Å². The van der Waals surface area contributed by atoms with Crippen molar-refractivity contribution in [2.24, 2.45) is 0 Å². The third-order valence-electron chi connectivity index (χ3n) is 2.24. The van der Waals surface area contributed by atoms with Gasteiger partial charge in [-0.3, -0.25) is 0 Å². The van der Waals surface area contributed by atoms with Gasteiger partial charge in [-0.15, -0.1) is 0 Å². The molecule has 0 N–H and O–H groups in total. The topological polar surface area (TPSA) is 0 Å². The van der Waals surface area contributed by atoms with E-state index in [1.165, 1.54) is 16.7 Å². The molecule has 0 unspecified atom stereocenters. The van der Waals surface area contributed by atoms with Crippen molar-refractivity contribution in [1.82, 2.24) is 0 Å². The fourth-order valence-electron chi connectivity index (χ4n) is 1.52. The molecular formula is C12H15Br. The summed E-state index contributed by atoms with van der Waals surface area (Å²) in [5.74, 6) is 0. The summed E-state index contributed by atoms with van der Waals surface area (Å²) in [6.45, 7) is 10.2. The highest BCUT2D eigenvalue weighted by atomic mass is 79.9. The van der Waals surface area contributed by atoms with E-state index in [9.17, 15) is 0 Å². The van der Waals surface area contributed by atoms with E-state index in [1.807, 2.05) is 6.08 Å². The van der Waals surface area contributed by atoms with Crippen LogP contribution < -0.4 is 0 Å². The molecule has 0 radical (unpaired) electrons. The van der Waals surface area contributed by atoms with Crippen molar-refractivity contribution in [3.05, 3.63) is 41.5 Å². The molecule has 1 aromatic rings. The average Bonchev–Trinajstić information content (AvgIpc) is 2.02. The first-order valence-corrected chi connectivity index (χ1v) is 5.17. The summed E-state index contributed by atoms with van der Waals surface area (Å²) in [6, 6.07) is 6.31. The van der Waals surface area contributed by atoms with E-state index in [2.05, 4.69) is 61.5 Å². The fraction of sp³-hybridized carbons (Fsp3) is 0.333. The molecule has 70 valence electrons.